The number of aromatic nitrogens is 3. The molecule has 29 heavy (non-hydrogen) atoms. The fourth-order valence-electron chi connectivity index (χ4n) is 3.46. The molecule has 2 atom stereocenters. The van der Waals surface area contributed by atoms with E-state index in [2.05, 4.69) is 72.7 Å². The molecule has 2 aromatic heterocycles. The molecule has 0 spiro atoms. The third-order valence-electron chi connectivity index (χ3n) is 5.29. The Morgan fingerprint density at radius 1 is 1.03 bits per heavy atom. The van der Waals surface area contributed by atoms with Crippen molar-refractivity contribution in [2.45, 2.75) is 12.1 Å². The van der Waals surface area contributed by atoms with E-state index in [-0.39, 0.29) is 5.16 Å². The van der Waals surface area contributed by atoms with Crippen molar-refractivity contribution in [1.82, 2.24) is 15.0 Å². The van der Waals surface area contributed by atoms with E-state index in [4.69, 9.17) is 9.72 Å². The van der Waals surface area contributed by atoms with Crippen molar-refractivity contribution in [1.29, 1.82) is 0 Å². The Labute approximate surface area is 174 Å². The lowest BCUT2D eigenvalue weighted by atomic mass is 9.91. The number of hydrogen-bond acceptors (Lipinski definition) is 6. The van der Waals surface area contributed by atoms with Crippen LogP contribution in [-0.4, -0.2) is 48.3 Å². The van der Waals surface area contributed by atoms with E-state index < -0.39 is 0 Å². The molecule has 1 aliphatic rings. The fourth-order valence-corrected chi connectivity index (χ4v) is 3.82. The Kier molecular flexibility index (Phi) is 5.74. The van der Waals surface area contributed by atoms with Gasteiger partial charge in [0, 0.05) is 43.3 Å². The van der Waals surface area contributed by atoms with E-state index in [0.717, 1.165) is 43.4 Å². The van der Waals surface area contributed by atoms with Crippen LogP contribution in [0.15, 0.2) is 54.9 Å². The Hall–Kier alpha value is -2.56. The maximum absolute atomic E-state index is 5.53. The minimum atomic E-state index is -0.244. The molecule has 2 unspecified atom stereocenters. The highest BCUT2D eigenvalue weighted by atomic mass is 31.0. The molecule has 1 saturated heterocycles. The molecule has 1 aromatic carbocycles. The van der Waals surface area contributed by atoms with Crippen LogP contribution in [0.4, 0.5) is 11.8 Å². The minimum absolute atomic E-state index is 0.244. The van der Waals surface area contributed by atoms with Crippen LogP contribution in [0.3, 0.4) is 0 Å². The summed E-state index contributed by atoms with van der Waals surface area (Å²) in [5, 5.41) is 2.71. The highest BCUT2D eigenvalue weighted by Gasteiger charge is 2.26. The zero-order chi connectivity index (χ0) is 20.3. The van der Waals surface area contributed by atoms with Crippen molar-refractivity contribution in [3.63, 3.8) is 0 Å². The third kappa shape index (κ3) is 4.24. The van der Waals surface area contributed by atoms with Gasteiger partial charge in [0.1, 0.15) is 5.82 Å². The average Bonchev–Trinajstić information content (AvgIpc) is 2.80. The van der Waals surface area contributed by atoms with Gasteiger partial charge in [0.25, 0.3) is 0 Å². The van der Waals surface area contributed by atoms with Crippen LogP contribution in [0.2, 0.25) is 0 Å². The largest absolute Gasteiger partial charge is 0.378 e. The normalized spacial score (nSPS) is 16.3. The molecule has 6 nitrogen and oxygen atoms in total. The number of benzene rings is 1. The highest BCUT2D eigenvalue weighted by molar-refractivity contribution is 7.18. The summed E-state index contributed by atoms with van der Waals surface area (Å²) < 4.78 is 5.53. The molecule has 3 heterocycles. The smallest absolute Gasteiger partial charge is 0.222 e. The molecule has 0 saturated carbocycles. The first-order valence-corrected chi connectivity index (χ1v) is 10.4. The van der Waals surface area contributed by atoms with Crippen LogP contribution in [0.25, 0.3) is 11.3 Å². The van der Waals surface area contributed by atoms with Gasteiger partial charge in [-0.3, -0.25) is 0 Å². The molecular formula is C22H26N5OP. The number of morpholine rings is 1. The fraction of sp³-hybridized carbons (Fsp3) is 0.318. The summed E-state index contributed by atoms with van der Waals surface area (Å²) >= 11 is 0. The molecule has 0 radical (unpaired) electrons. The second-order valence-corrected chi connectivity index (χ2v) is 8.47. The Morgan fingerprint density at radius 3 is 2.38 bits per heavy atom. The molecule has 1 fully saturated rings. The summed E-state index contributed by atoms with van der Waals surface area (Å²) in [6.45, 7) is 5.33. The molecule has 3 aromatic rings. The maximum atomic E-state index is 5.53. The molecule has 0 aliphatic carbocycles. The predicted octanol–water partition coefficient (Wildman–Crippen LogP) is 3.56. The first-order chi connectivity index (χ1) is 14.1. The number of ether oxygens (including phenoxy) is 1. The standard InChI is InChI=1S/C22H26N5OP/c1-22(29,17-6-4-3-5-7-17)18-12-19(16-14-24-21(23-2)25-15-16)26-20(13-18)27-8-10-28-11-9-27/h3-7,12-15H,8-11,29H2,1-2H3,(H,23,24,25). The average molecular weight is 407 g/mol. The molecule has 7 heteroatoms. The summed E-state index contributed by atoms with van der Waals surface area (Å²) in [6.07, 6.45) is 3.63. The van der Waals surface area contributed by atoms with Gasteiger partial charge in [-0.05, 0) is 30.2 Å². The van der Waals surface area contributed by atoms with Crippen LogP contribution in [-0.2, 0) is 9.89 Å². The van der Waals surface area contributed by atoms with Crippen LogP contribution in [0.5, 0.6) is 0 Å². The topological polar surface area (TPSA) is 63.2 Å². The molecule has 4 rings (SSSR count). The lowest BCUT2D eigenvalue weighted by Crippen LogP contribution is -2.37. The number of nitrogens with zero attached hydrogens (tertiary/aromatic N) is 4. The van der Waals surface area contributed by atoms with Gasteiger partial charge < -0.3 is 15.0 Å². The van der Waals surface area contributed by atoms with Gasteiger partial charge in [-0.15, -0.1) is 9.24 Å². The van der Waals surface area contributed by atoms with E-state index in [1.807, 2.05) is 25.5 Å². The van der Waals surface area contributed by atoms with Gasteiger partial charge in [0.2, 0.25) is 5.95 Å². The SMILES string of the molecule is CNc1ncc(-c2cc(C(C)(P)c3ccccc3)cc(N3CCOCC3)n2)cn1. The summed E-state index contributed by atoms with van der Waals surface area (Å²) in [5.41, 5.74) is 4.18. The Morgan fingerprint density at radius 2 is 1.72 bits per heavy atom. The molecule has 1 N–H and O–H groups in total. The summed E-state index contributed by atoms with van der Waals surface area (Å²) in [7, 11) is 4.83. The molecule has 0 amide bonds. The lowest BCUT2D eigenvalue weighted by molar-refractivity contribution is 0.122. The van der Waals surface area contributed by atoms with Crippen molar-refractivity contribution in [3.8, 4) is 11.3 Å². The van der Waals surface area contributed by atoms with Gasteiger partial charge in [-0.25, -0.2) is 15.0 Å². The number of nitrogens with one attached hydrogen (secondary N) is 1. The lowest BCUT2D eigenvalue weighted by Gasteiger charge is -2.31. The van der Waals surface area contributed by atoms with Crippen molar-refractivity contribution >= 4 is 21.0 Å². The molecular weight excluding hydrogens is 381 g/mol. The number of anilines is 2. The van der Waals surface area contributed by atoms with Crippen LogP contribution >= 0.6 is 9.24 Å². The molecule has 150 valence electrons. The van der Waals surface area contributed by atoms with Gasteiger partial charge in [-0.2, -0.15) is 0 Å². The van der Waals surface area contributed by atoms with Crippen LogP contribution < -0.4 is 10.2 Å². The van der Waals surface area contributed by atoms with E-state index in [0.29, 0.717) is 5.95 Å². The van der Waals surface area contributed by atoms with Crippen molar-refractivity contribution in [3.05, 3.63) is 66.0 Å². The van der Waals surface area contributed by atoms with Crippen molar-refractivity contribution in [2.24, 2.45) is 0 Å². The van der Waals surface area contributed by atoms with E-state index in [1.165, 1.54) is 11.1 Å². The van der Waals surface area contributed by atoms with Crippen LogP contribution in [0.1, 0.15) is 18.1 Å². The monoisotopic (exact) mass is 407 g/mol. The Bertz CT molecular complexity index is 957. The predicted molar refractivity (Wildman–Crippen MR) is 120 cm³/mol. The zero-order valence-corrected chi connectivity index (χ0v) is 18.0. The molecule has 0 bridgehead atoms. The van der Waals surface area contributed by atoms with Crippen LogP contribution in [0, 0.1) is 0 Å². The maximum Gasteiger partial charge on any atom is 0.222 e. The Balaban J connectivity index is 1.81. The number of pyridine rings is 1. The van der Waals surface area contributed by atoms with Gasteiger partial charge in [0.05, 0.1) is 18.9 Å². The quantitative estimate of drug-likeness (QED) is 0.653. The number of hydrogen-bond donors (Lipinski definition) is 1. The minimum Gasteiger partial charge on any atom is -0.378 e. The summed E-state index contributed by atoms with van der Waals surface area (Å²) in [6, 6.07) is 14.8. The highest BCUT2D eigenvalue weighted by Crippen LogP contribution is 2.40. The van der Waals surface area contributed by atoms with Gasteiger partial charge in [0.15, 0.2) is 0 Å². The van der Waals surface area contributed by atoms with E-state index >= 15 is 0 Å². The first kappa shape index (κ1) is 19.7. The summed E-state index contributed by atoms with van der Waals surface area (Å²) in [5.74, 6) is 1.56. The zero-order valence-electron chi connectivity index (χ0n) is 16.8. The first-order valence-electron chi connectivity index (χ1n) is 9.78. The molecule has 1 aliphatic heterocycles. The number of rotatable bonds is 5. The van der Waals surface area contributed by atoms with Crippen molar-refractivity contribution < 1.29 is 4.74 Å². The van der Waals surface area contributed by atoms with E-state index in [1.54, 1.807) is 0 Å². The second kappa shape index (κ2) is 8.44. The third-order valence-corrected chi connectivity index (χ3v) is 5.96. The van der Waals surface area contributed by atoms with Crippen molar-refractivity contribution in [2.75, 3.05) is 43.6 Å². The summed E-state index contributed by atoms with van der Waals surface area (Å²) in [4.78, 5) is 16.0. The second-order valence-electron chi connectivity index (χ2n) is 7.31. The van der Waals surface area contributed by atoms with E-state index in [9.17, 15) is 0 Å². The van der Waals surface area contributed by atoms with Gasteiger partial charge in [-0.1, -0.05) is 30.3 Å². The van der Waals surface area contributed by atoms with Gasteiger partial charge >= 0.3 is 0 Å².